The lowest BCUT2D eigenvalue weighted by atomic mass is 10.2. The number of allylic oxidation sites excluding steroid dienone is 1. The third kappa shape index (κ3) is 2.62. The molecule has 0 spiro atoms. The van der Waals surface area contributed by atoms with Gasteiger partial charge >= 0.3 is 0 Å². The van der Waals surface area contributed by atoms with E-state index in [-0.39, 0.29) is 11.7 Å². The topological polar surface area (TPSA) is 49.3 Å². The molecule has 1 aromatic rings. The Morgan fingerprint density at radius 2 is 2.21 bits per heavy atom. The van der Waals surface area contributed by atoms with Gasteiger partial charge in [-0.1, -0.05) is 12.1 Å². The van der Waals surface area contributed by atoms with Crippen LogP contribution in [0, 0.1) is 0 Å². The van der Waals surface area contributed by atoms with Crippen LogP contribution < -0.4 is 5.32 Å². The lowest BCUT2D eigenvalue weighted by molar-refractivity contribution is -0.112. The molecule has 0 aliphatic rings. The van der Waals surface area contributed by atoms with E-state index in [9.17, 15) is 4.79 Å². The van der Waals surface area contributed by atoms with E-state index in [4.69, 9.17) is 5.11 Å². The Bertz CT molecular complexity index is 369. The molecule has 0 aliphatic heterocycles. The predicted octanol–water partition coefficient (Wildman–Crippen LogP) is 2.30. The number of rotatable bonds is 2. The molecule has 1 rings (SSSR count). The number of hydrogen-bond donors (Lipinski definition) is 2. The van der Waals surface area contributed by atoms with Crippen LogP contribution in [0.4, 0.5) is 5.69 Å². The van der Waals surface area contributed by atoms with Crippen LogP contribution in [0.2, 0.25) is 0 Å². The lowest BCUT2D eigenvalue weighted by Gasteiger charge is -2.04. The number of carbonyl (C=O) groups excluding carboxylic acids is 1. The van der Waals surface area contributed by atoms with Crippen LogP contribution in [-0.2, 0) is 4.79 Å². The molecule has 0 saturated carbocycles. The van der Waals surface area contributed by atoms with Gasteiger partial charge < -0.3 is 10.4 Å². The first kappa shape index (κ1) is 10.3. The van der Waals surface area contributed by atoms with E-state index in [1.165, 1.54) is 6.07 Å². The standard InChI is InChI=1S/C11H13NO2/c1-3-8(2)11(14)12-9-5-4-6-10(13)7-9/h3-7,13H,1-2H3,(H,12,14)/b8-3+. The first-order valence-electron chi connectivity index (χ1n) is 4.37. The molecular weight excluding hydrogens is 178 g/mol. The average Bonchev–Trinajstić information content (AvgIpc) is 2.16. The Balaban J connectivity index is 2.75. The van der Waals surface area contributed by atoms with Gasteiger partial charge in [-0.2, -0.15) is 0 Å². The largest absolute Gasteiger partial charge is 0.508 e. The number of carbonyl (C=O) groups is 1. The van der Waals surface area contributed by atoms with Gasteiger partial charge in [0, 0.05) is 17.3 Å². The zero-order chi connectivity index (χ0) is 10.6. The molecule has 1 amide bonds. The Morgan fingerprint density at radius 3 is 2.79 bits per heavy atom. The SMILES string of the molecule is C/C=C(\C)C(=O)Nc1cccc(O)c1. The number of phenols is 1. The van der Waals surface area contributed by atoms with Gasteiger partial charge in [-0.05, 0) is 26.0 Å². The monoisotopic (exact) mass is 191 g/mol. The number of nitrogens with one attached hydrogen (secondary N) is 1. The minimum atomic E-state index is -0.155. The molecule has 0 fully saturated rings. The second kappa shape index (κ2) is 4.46. The van der Waals surface area contributed by atoms with E-state index in [0.29, 0.717) is 11.3 Å². The molecule has 0 bridgehead atoms. The van der Waals surface area contributed by atoms with Crippen molar-refractivity contribution < 1.29 is 9.90 Å². The summed E-state index contributed by atoms with van der Waals surface area (Å²) >= 11 is 0. The van der Waals surface area contributed by atoms with Crippen molar-refractivity contribution in [2.24, 2.45) is 0 Å². The van der Waals surface area contributed by atoms with Crippen LogP contribution in [0.1, 0.15) is 13.8 Å². The number of benzene rings is 1. The van der Waals surface area contributed by atoms with E-state index in [1.807, 2.05) is 0 Å². The summed E-state index contributed by atoms with van der Waals surface area (Å²) in [6.45, 7) is 3.54. The van der Waals surface area contributed by atoms with E-state index in [0.717, 1.165) is 0 Å². The molecule has 0 heterocycles. The second-order valence-electron chi connectivity index (χ2n) is 2.98. The van der Waals surface area contributed by atoms with Crippen molar-refractivity contribution in [3.63, 3.8) is 0 Å². The summed E-state index contributed by atoms with van der Waals surface area (Å²) in [6.07, 6.45) is 1.73. The Labute approximate surface area is 83.1 Å². The number of amides is 1. The maximum Gasteiger partial charge on any atom is 0.250 e. The molecule has 3 nitrogen and oxygen atoms in total. The summed E-state index contributed by atoms with van der Waals surface area (Å²) in [5, 5.41) is 11.8. The summed E-state index contributed by atoms with van der Waals surface area (Å²) in [6, 6.07) is 6.45. The highest BCUT2D eigenvalue weighted by Gasteiger charge is 2.03. The highest BCUT2D eigenvalue weighted by molar-refractivity contribution is 6.03. The zero-order valence-corrected chi connectivity index (χ0v) is 8.24. The number of hydrogen-bond acceptors (Lipinski definition) is 2. The minimum absolute atomic E-state index is 0.140. The van der Waals surface area contributed by atoms with Gasteiger partial charge in [0.1, 0.15) is 5.75 Å². The van der Waals surface area contributed by atoms with Crippen LogP contribution in [0.5, 0.6) is 5.75 Å². The fraction of sp³-hybridized carbons (Fsp3) is 0.182. The number of aromatic hydroxyl groups is 1. The van der Waals surface area contributed by atoms with Gasteiger partial charge in [0.15, 0.2) is 0 Å². The van der Waals surface area contributed by atoms with Gasteiger partial charge in [0.25, 0.3) is 5.91 Å². The first-order chi connectivity index (χ1) is 6.63. The highest BCUT2D eigenvalue weighted by atomic mass is 16.3. The third-order valence-corrected chi connectivity index (χ3v) is 1.90. The van der Waals surface area contributed by atoms with Crippen molar-refractivity contribution in [2.75, 3.05) is 5.32 Å². The van der Waals surface area contributed by atoms with Gasteiger partial charge in [-0.25, -0.2) is 0 Å². The lowest BCUT2D eigenvalue weighted by Crippen LogP contribution is -2.12. The van der Waals surface area contributed by atoms with Crippen LogP contribution in [0.3, 0.4) is 0 Å². The molecule has 14 heavy (non-hydrogen) atoms. The number of anilines is 1. The molecule has 1 aromatic carbocycles. The number of phenolic OH excluding ortho intramolecular Hbond substituents is 1. The van der Waals surface area contributed by atoms with E-state index < -0.39 is 0 Å². The minimum Gasteiger partial charge on any atom is -0.508 e. The van der Waals surface area contributed by atoms with Gasteiger partial charge in [-0.15, -0.1) is 0 Å². The second-order valence-corrected chi connectivity index (χ2v) is 2.98. The zero-order valence-electron chi connectivity index (χ0n) is 8.24. The van der Waals surface area contributed by atoms with Crippen LogP contribution in [0.25, 0.3) is 0 Å². The fourth-order valence-corrected chi connectivity index (χ4v) is 0.944. The van der Waals surface area contributed by atoms with Crippen LogP contribution in [-0.4, -0.2) is 11.0 Å². The smallest absolute Gasteiger partial charge is 0.250 e. The molecule has 0 atom stereocenters. The summed E-state index contributed by atoms with van der Waals surface area (Å²) in [7, 11) is 0. The van der Waals surface area contributed by atoms with E-state index in [2.05, 4.69) is 5.32 Å². The molecule has 2 N–H and O–H groups in total. The summed E-state index contributed by atoms with van der Waals surface area (Å²) in [4.78, 5) is 11.4. The predicted molar refractivity (Wildman–Crippen MR) is 56.2 cm³/mol. The van der Waals surface area contributed by atoms with Crippen molar-refractivity contribution in [2.45, 2.75) is 13.8 Å². The van der Waals surface area contributed by atoms with Gasteiger partial charge in [0.2, 0.25) is 0 Å². The molecule has 0 aliphatic carbocycles. The van der Waals surface area contributed by atoms with Crippen molar-refractivity contribution >= 4 is 11.6 Å². The Kier molecular flexibility index (Phi) is 3.29. The van der Waals surface area contributed by atoms with Crippen molar-refractivity contribution in [1.29, 1.82) is 0 Å². The van der Waals surface area contributed by atoms with Crippen molar-refractivity contribution in [1.82, 2.24) is 0 Å². The van der Waals surface area contributed by atoms with E-state index in [1.54, 1.807) is 38.1 Å². The molecular formula is C11H13NO2. The summed E-state index contributed by atoms with van der Waals surface area (Å²) in [5.41, 5.74) is 1.24. The first-order valence-corrected chi connectivity index (χ1v) is 4.37. The summed E-state index contributed by atoms with van der Waals surface area (Å²) in [5.74, 6) is -0.0148. The quantitative estimate of drug-likeness (QED) is 0.704. The molecule has 0 unspecified atom stereocenters. The van der Waals surface area contributed by atoms with Crippen molar-refractivity contribution in [3.8, 4) is 5.75 Å². The van der Waals surface area contributed by atoms with E-state index >= 15 is 0 Å². The van der Waals surface area contributed by atoms with Gasteiger partial charge in [-0.3, -0.25) is 4.79 Å². The Hall–Kier alpha value is -1.77. The highest BCUT2D eigenvalue weighted by Crippen LogP contribution is 2.15. The third-order valence-electron chi connectivity index (χ3n) is 1.90. The molecule has 0 saturated heterocycles. The van der Waals surface area contributed by atoms with Crippen LogP contribution >= 0.6 is 0 Å². The molecule has 3 heteroatoms. The average molecular weight is 191 g/mol. The maximum atomic E-state index is 11.4. The van der Waals surface area contributed by atoms with Crippen molar-refractivity contribution in [3.05, 3.63) is 35.9 Å². The molecule has 0 radical (unpaired) electrons. The molecule has 74 valence electrons. The summed E-state index contributed by atoms with van der Waals surface area (Å²) < 4.78 is 0. The normalized spacial score (nSPS) is 11.1. The van der Waals surface area contributed by atoms with Gasteiger partial charge in [0.05, 0.1) is 0 Å². The maximum absolute atomic E-state index is 11.4. The molecule has 0 aromatic heterocycles. The Morgan fingerprint density at radius 1 is 1.50 bits per heavy atom. The fourth-order valence-electron chi connectivity index (χ4n) is 0.944. The van der Waals surface area contributed by atoms with Crippen LogP contribution in [0.15, 0.2) is 35.9 Å².